The molecule has 0 saturated carbocycles. The first-order chi connectivity index (χ1) is 11.1. The minimum atomic E-state index is -1.07. The number of hydrogen-bond acceptors (Lipinski definition) is 6. The molecule has 1 aliphatic rings. The van der Waals surface area contributed by atoms with E-state index in [1.165, 1.54) is 11.3 Å². The Morgan fingerprint density at radius 2 is 2.09 bits per heavy atom. The van der Waals surface area contributed by atoms with Crippen molar-refractivity contribution in [2.45, 2.75) is 24.6 Å². The van der Waals surface area contributed by atoms with E-state index in [-0.39, 0.29) is 11.6 Å². The van der Waals surface area contributed by atoms with Crippen LogP contribution in [0.3, 0.4) is 0 Å². The molecule has 1 aromatic heterocycles. The van der Waals surface area contributed by atoms with Crippen LogP contribution < -0.4 is 11.1 Å². The van der Waals surface area contributed by atoms with E-state index in [1.807, 2.05) is 35.7 Å². The summed E-state index contributed by atoms with van der Waals surface area (Å²) in [6.45, 7) is 0. The van der Waals surface area contributed by atoms with Crippen LogP contribution in [-0.4, -0.2) is 34.1 Å². The lowest BCUT2D eigenvalue weighted by molar-refractivity contribution is -0.123. The number of thiophene rings is 1. The maximum absolute atomic E-state index is 12.3. The highest BCUT2D eigenvalue weighted by atomic mass is 32.1. The molecule has 23 heavy (non-hydrogen) atoms. The van der Waals surface area contributed by atoms with Crippen molar-refractivity contribution in [1.82, 2.24) is 5.32 Å². The van der Waals surface area contributed by atoms with Gasteiger partial charge in [0.25, 0.3) is 0 Å². The molecule has 0 spiro atoms. The fraction of sp³-hybridized carbons (Fsp3) is 0.250. The number of aliphatic hydroxyl groups excluding tert-OH is 1. The number of nitrogens with one attached hydrogen (secondary N) is 1. The van der Waals surface area contributed by atoms with Gasteiger partial charge in [0.05, 0.1) is 17.0 Å². The third-order valence-corrected chi connectivity index (χ3v) is 4.85. The maximum Gasteiger partial charge on any atom is 0.237 e. The van der Waals surface area contributed by atoms with Crippen molar-refractivity contribution in [3.63, 3.8) is 0 Å². The van der Waals surface area contributed by atoms with Crippen LogP contribution in [0.5, 0.6) is 0 Å². The molecule has 1 aromatic carbocycles. The van der Waals surface area contributed by atoms with Crippen molar-refractivity contribution >= 4 is 23.0 Å². The van der Waals surface area contributed by atoms with Gasteiger partial charge in [0.1, 0.15) is 11.8 Å². The Morgan fingerprint density at radius 1 is 1.35 bits per heavy atom. The molecule has 6 nitrogen and oxygen atoms in total. The van der Waals surface area contributed by atoms with Crippen molar-refractivity contribution < 1.29 is 15.1 Å². The second-order valence-electron chi connectivity index (χ2n) is 5.42. The lowest BCUT2D eigenvalue weighted by atomic mass is 10.0. The molecule has 1 aliphatic carbocycles. The summed E-state index contributed by atoms with van der Waals surface area (Å²) < 4.78 is 0. The SMILES string of the molecule is N[C@H](Cc1ccccc1)C(=O)N[C@@H]1c2ccsc2/C(=N\O)[C@@H]1O. The molecule has 1 amide bonds. The third kappa shape index (κ3) is 2.98. The first-order valence-corrected chi connectivity index (χ1v) is 8.07. The van der Waals surface area contributed by atoms with Crippen LogP contribution in [0.4, 0.5) is 0 Å². The Balaban J connectivity index is 1.71. The van der Waals surface area contributed by atoms with E-state index in [4.69, 9.17) is 10.9 Å². The molecule has 0 bridgehead atoms. The summed E-state index contributed by atoms with van der Waals surface area (Å²) in [6, 6.07) is 9.94. The number of aliphatic hydroxyl groups is 1. The monoisotopic (exact) mass is 331 g/mol. The fourth-order valence-corrected chi connectivity index (χ4v) is 3.68. The number of rotatable bonds is 4. The lowest BCUT2D eigenvalue weighted by Gasteiger charge is -2.20. The topological polar surface area (TPSA) is 108 Å². The molecule has 120 valence electrons. The standard InChI is InChI=1S/C16H17N3O3S/c17-11(8-9-4-2-1-3-5-9)16(21)18-12-10-6-7-23-15(10)13(19-22)14(12)20/h1-7,11-12,14,20,22H,8,17H2,(H,18,21)/b19-13-/t11-,12-,14-/m1/s1. The van der Waals surface area contributed by atoms with Gasteiger partial charge in [-0.05, 0) is 29.0 Å². The van der Waals surface area contributed by atoms with E-state index >= 15 is 0 Å². The highest BCUT2D eigenvalue weighted by molar-refractivity contribution is 7.12. The molecule has 3 rings (SSSR count). The maximum atomic E-state index is 12.3. The molecule has 0 saturated heterocycles. The summed E-state index contributed by atoms with van der Waals surface area (Å²) in [4.78, 5) is 13.0. The molecule has 0 fully saturated rings. The number of hydrogen-bond donors (Lipinski definition) is 4. The summed E-state index contributed by atoms with van der Waals surface area (Å²) in [6.07, 6.45) is -0.664. The molecule has 7 heteroatoms. The Hall–Kier alpha value is -2.22. The number of benzene rings is 1. The van der Waals surface area contributed by atoms with Gasteiger partial charge in [-0.2, -0.15) is 0 Å². The number of fused-ring (bicyclic) bond motifs is 1. The van der Waals surface area contributed by atoms with Crippen molar-refractivity contribution in [2.24, 2.45) is 10.9 Å². The number of oxime groups is 1. The van der Waals surface area contributed by atoms with E-state index < -0.39 is 18.2 Å². The van der Waals surface area contributed by atoms with E-state index in [0.29, 0.717) is 11.3 Å². The number of carbonyl (C=O) groups is 1. The molecular weight excluding hydrogens is 314 g/mol. The minimum Gasteiger partial charge on any atom is -0.411 e. The third-order valence-electron chi connectivity index (χ3n) is 3.90. The van der Waals surface area contributed by atoms with Gasteiger partial charge >= 0.3 is 0 Å². The Bertz CT molecular complexity index is 729. The average Bonchev–Trinajstić information content (AvgIpc) is 3.11. The smallest absolute Gasteiger partial charge is 0.237 e. The fourth-order valence-electron chi connectivity index (χ4n) is 2.72. The van der Waals surface area contributed by atoms with Gasteiger partial charge in [-0.25, -0.2) is 0 Å². The van der Waals surface area contributed by atoms with Crippen LogP contribution in [0.25, 0.3) is 0 Å². The van der Waals surface area contributed by atoms with E-state index in [1.54, 1.807) is 6.07 Å². The summed E-state index contributed by atoms with van der Waals surface area (Å²) in [7, 11) is 0. The first-order valence-electron chi connectivity index (χ1n) is 7.19. The van der Waals surface area contributed by atoms with Gasteiger partial charge in [0.15, 0.2) is 0 Å². The van der Waals surface area contributed by atoms with Gasteiger partial charge in [-0.3, -0.25) is 4.79 Å². The molecule has 0 aliphatic heterocycles. The molecular formula is C16H17N3O3S. The molecule has 1 heterocycles. The normalized spacial score (nSPS) is 22.8. The van der Waals surface area contributed by atoms with Gasteiger partial charge < -0.3 is 21.4 Å². The largest absolute Gasteiger partial charge is 0.411 e. The van der Waals surface area contributed by atoms with E-state index in [9.17, 15) is 9.90 Å². The van der Waals surface area contributed by atoms with Crippen molar-refractivity contribution in [3.8, 4) is 0 Å². The predicted octanol–water partition coefficient (Wildman–Crippen LogP) is 1.03. The quantitative estimate of drug-likeness (QED) is 0.496. The van der Waals surface area contributed by atoms with Gasteiger partial charge in [-0.1, -0.05) is 35.5 Å². The number of amides is 1. The Kier molecular flexibility index (Phi) is 4.42. The molecule has 0 radical (unpaired) electrons. The van der Waals surface area contributed by atoms with Crippen LogP contribution in [0.15, 0.2) is 46.9 Å². The summed E-state index contributed by atoms with van der Waals surface area (Å²) in [5.41, 5.74) is 7.86. The molecule has 3 atom stereocenters. The van der Waals surface area contributed by atoms with E-state index in [2.05, 4.69) is 10.5 Å². The zero-order valence-corrected chi connectivity index (χ0v) is 13.0. The Labute approximate surface area is 137 Å². The van der Waals surface area contributed by atoms with Crippen LogP contribution in [0.2, 0.25) is 0 Å². The number of carbonyl (C=O) groups excluding carboxylic acids is 1. The van der Waals surface area contributed by atoms with Crippen molar-refractivity contribution in [2.75, 3.05) is 0 Å². The molecule has 5 N–H and O–H groups in total. The number of nitrogens with two attached hydrogens (primary N) is 1. The van der Waals surface area contributed by atoms with Gasteiger partial charge in [-0.15, -0.1) is 11.3 Å². The van der Waals surface area contributed by atoms with Gasteiger partial charge in [0, 0.05) is 0 Å². The zero-order chi connectivity index (χ0) is 16.4. The lowest BCUT2D eigenvalue weighted by Crippen LogP contribution is -2.46. The highest BCUT2D eigenvalue weighted by Crippen LogP contribution is 2.35. The van der Waals surface area contributed by atoms with Crippen LogP contribution in [0, 0.1) is 0 Å². The van der Waals surface area contributed by atoms with Crippen LogP contribution in [-0.2, 0) is 11.2 Å². The molecule has 0 unspecified atom stereocenters. The molecule has 2 aromatic rings. The summed E-state index contributed by atoms with van der Waals surface area (Å²) in [5.74, 6) is -0.353. The predicted molar refractivity (Wildman–Crippen MR) is 87.7 cm³/mol. The van der Waals surface area contributed by atoms with Crippen LogP contribution in [0.1, 0.15) is 22.0 Å². The Morgan fingerprint density at radius 3 is 2.78 bits per heavy atom. The van der Waals surface area contributed by atoms with Gasteiger partial charge in [0.2, 0.25) is 5.91 Å². The average molecular weight is 331 g/mol. The summed E-state index contributed by atoms with van der Waals surface area (Å²) >= 11 is 1.36. The minimum absolute atomic E-state index is 0.178. The zero-order valence-electron chi connectivity index (χ0n) is 12.2. The highest BCUT2D eigenvalue weighted by Gasteiger charge is 2.39. The van der Waals surface area contributed by atoms with E-state index in [0.717, 1.165) is 11.1 Å². The summed E-state index contributed by atoms with van der Waals surface area (Å²) in [5, 5.41) is 27.0. The van der Waals surface area contributed by atoms with Crippen molar-refractivity contribution in [3.05, 3.63) is 57.8 Å². The second kappa shape index (κ2) is 6.49. The number of nitrogens with zero attached hydrogens (tertiary/aromatic N) is 1. The van der Waals surface area contributed by atoms with Crippen LogP contribution >= 0.6 is 11.3 Å². The van der Waals surface area contributed by atoms with Crippen molar-refractivity contribution in [1.29, 1.82) is 0 Å². The second-order valence-corrected chi connectivity index (χ2v) is 6.33. The first kappa shape index (κ1) is 15.7.